The second-order valence-corrected chi connectivity index (χ2v) is 9.05. The normalized spacial score (nSPS) is 11.8. The molecule has 1 atom stereocenters. The summed E-state index contributed by atoms with van der Waals surface area (Å²) in [6.07, 6.45) is 0.794. The van der Waals surface area contributed by atoms with Gasteiger partial charge in [0.2, 0.25) is 11.8 Å². The molecule has 2 amide bonds. The van der Waals surface area contributed by atoms with E-state index in [1.165, 1.54) is 5.56 Å². The van der Waals surface area contributed by atoms with E-state index in [0.29, 0.717) is 19.4 Å². The maximum Gasteiger partial charge on any atom is 0.227 e. The Hall–Kier alpha value is -3.40. The van der Waals surface area contributed by atoms with Gasteiger partial charge in [-0.25, -0.2) is 0 Å². The Labute approximate surface area is 197 Å². The van der Waals surface area contributed by atoms with E-state index in [2.05, 4.69) is 38.2 Å². The fourth-order valence-corrected chi connectivity index (χ4v) is 3.84. The Kier molecular flexibility index (Phi) is 8.42. The molecule has 0 aromatic heterocycles. The van der Waals surface area contributed by atoms with Crippen molar-refractivity contribution in [3.8, 4) is 0 Å². The van der Waals surface area contributed by atoms with Gasteiger partial charge in [0.25, 0.3) is 0 Å². The summed E-state index contributed by atoms with van der Waals surface area (Å²) >= 11 is 0. The van der Waals surface area contributed by atoms with Gasteiger partial charge in [0.05, 0.1) is 19.0 Å². The number of nitrogens with one attached hydrogen (secondary N) is 1. The van der Waals surface area contributed by atoms with E-state index in [1.807, 2.05) is 78.6 Å². The van der Waals surface area contributed by atoms with E-state index in [0.717, 1.165) is 22.4 Å². The molecule has 3 aromatic rings. The molecular weight excluding hydrogens is 408 g/mol. The number of benzene rings is 3. The van der Waals surface area contributed by atoms with Gasteiger partial charge in [-0.2, -0.15) is 0 Å². The standard InChI is InChI=1S/C29H34N2O2/c1-21(2)18-29(33)31(20-26-13-9-8-10-22(26)3)27-16-14-24(15-17-27)19-28(32)30-23(4)25-11-6-5-7-12-25/h5-17,21,23H,18-20H2,1-4H3,(H,30,32). The number of aryl methyl sites for hydroxylation is 1. The van der Waals surface area contributed by atoms with Crippen LogP contribution in [0.4, 0.5) is 5.69 Å². The quantitative estimate of drug-likeness (QED) is 0.442. The van der Waals surface area contributed by atoms with Crippen molar-refractivity contribution in [1.29, 1.82) is 0 Å². The lowest BCUT2D eigenvalue weighted by atomic mass is 10.0. The van der Waals surface area contributed by atoms with E-state index in [-0.39, 0.29) is 23.8 Å². The van der Waals surface area contributed by atoms with Gasteiger partial charge in [-0.1, -0.05) is 80.6 Å². The summed E-state index contributed by atoms with van der Waals surface area (Å²) in [4.78, 5) is 27.4. The molecule has 1 unspecified atom stereocenters. The maximum absolute atomic E-state index is 13.1. The zero-order valence-corrected chi connectivity index (χ0v) is 20.0. The summed E-state index contributed by atoms with van der Waals surface area (Å²) in [5, 5.41) is 3.06. The van der Waals surface area contributed by atoms with Crippen LogP contribution >= 0.6 is 0 Å². The van der Waals surface area contributed by atoms with Crippen LogP contribution in [0.1, 0.15) is 55.5 Å². The number of amides is 2. The first-order valence-electron chi connectivity index (χ1n) is 11.6. The zero-order valence-electron chi connectivity index (χ0n) is 20.0. The molecule has 0 saturated heterocycles. The fourth-order valence-electron chi connectivity index (χ4n) is 3.84. The Morgan fingerprint density at radius 3 is 2.12 bits per heavy atom. The van der Waals surface area contributed by atoms with E-state index in [1.54, 1.807) is 0 Å². The summed E-state index contributed by atoms with van der Waals surface area (Å²) in [5.74, 6) is 0.369. The third-order valence-corrected chi connectivity index (χ3v) is 5.76. The summed E-state index contributed by atoms with van der Waals surface area (Å²) in [6, 6.07) is 25.8. The first-order valence-corrected chi connectivity index (χ1v) is 11.6. The predicted molar refractivity (Wildman–Crippen MR) is 135 cm³/mol. The highest BCUT2D eigenvalue weighted by molar-refractivity contribution is 5.93. The summed E-state index contributed by atoms with van der Waals surface area (Å²) in [5.41, 5.74) is 5.15. The van der Waals surface area contributed by atoms with Crippen molar-refractivity contribution < 1.29 is 9.59 Å². The number of anilines is 1. The largest absolute Gasteiger partial charge is 0.349 e. The van der Waals surface area contributed by atoms with Gasteiger partial charge in [-0.15, -0.1) is 0 Å². The lowest BCUT2D eigenvalue weighted by Gasteiger charge is -2.25. The second-order valence-electron chi connectivity index (χ2n) is 9.05. The molecule has 0 bridgehead atoms. The van der Waals surface area contributed by atoms with Crippen molar-refractivity contribution in [2.75, 3.05) is 4.90 Å². The van der Waals surface area contributed by atoms with Crippen LogP contribution < -0.4 is 10.2 Å². The molecule has 4 heteroatoms. The van der Waals surface area contributed by atoms with Crippen LogP contribution in [-0.2, 0) is 22.6 Å². The predicted octanol–water partition coefficient (Wildman–Crippen LogP) is 5.99. The number of rotatable bonds is 9. The average Bonchev–Trinajstić information content (AvgIpc) is 2.79. The van der Waals surface area contributed by atoms with Gasteiger partial charge in [0.15, 0.2) is 0 Å². The number of nitrogens with zero attached hydrogens (tertiary/aromatic N) is 1. The number of carbonyl (C=O) groups excluding carboxylic acids is 2. The molecular formula is C29H34N2O2. The third kappa shape index (κ3) is 7.04. The van der Waals surface area contributed by atoms with Crippen molar-refractivity contribution in [3.05, 3.63) is 101 Å². The van der Waals surface area contributed by atoms with Gasteiger partial charge < -0.3 is 10.2 Å². The first-order chi connectivity index (χ1) is 15.8. The molecule has 0 aliphatic heterocycles. The fraction of sp³-hybridized carbons (Fsp3) is 0.310. The lowest BCUT2D eigenvalue weighted by Crippen LogP contribution is -2.31. The number of hydrogen-bond donors (Lipinski definition) is 1. The summed E-state index contributed by atoms with van der Waals surface area (Å²) < 4.78 is 0. The van der Waals surface area contributed by atoms with Crippen molar-refractivity contribution >= 4 is 17.5 Å². The highest BCUT2D eigenvalue weighted by atomic mass is 16.2. The number of hydrogen-bond acceptors (Lipinski definition) is 2. The molecule has 0 heterocycles. The molecule has 33 heavy (non-hydrogen) atoms. The van der Waals surface area contributed by atoms with Gasteiger partial charge in [0.1, 0.15) is 0 Å². The lowest BCUT2D eigenvalue weighted by molar-refractivity contribution is -0.121. The van der Waals surface area contributed by atoms with Crippen LogP contribution in [0.25, 0.3) is 0 Å². The van der Waals surface area contributed by atoms with Crippen LogP contribution in [0.15, 0.2) is 78.9 Å². The topological polar surface area (TPSA) is 49.4 Å². The van der Waals surface area contributed by atoms with Gasteiger partial charge in [0, 0.05) is 12.1 Å². The molecule has 1 N–H and O–H groups in total. The van der Waals surface area contributed by atoms with Crippen LogP contribution in [0, 0.1) is 12.8 Å². The van der Waals surface area contributed by atoms with Crippen molar-refractivity contribution in [2.24, 2.45) is 5.92 Å². The van der Waals surface area contributed by atoms with Crippen LogP contribution in [0.3, 0.4) is 0 Å². The van der Waals surface area contributed by atoms with Crippen LogP contribution in [0.2, 0.25) is 0 Å². The van der Waals surface area contributed by atoms with Crippen molar-refractivity contribution in [1.82, 2.24) is 5.32 Å². The SMILES string of the molecule is Cc1ccccc1CN(C(=O)CC(C)C)c1ccc(CC(=O)NC(C)c2ccccc2)cc1. The molecule has 4 nitrogen and oxygen atoms in total. The van der Waals surface area contributed by atoms with E-state index in [4.69, 9.17) is 0 Å². The highest BCUT2D eigenvalue weighted by Gasteiger charge is 2.18. The van der Waals surface area contributed by atoms with Crippen molar-refractivity contribution in [3.63, 3.8) is 0 Å². The minimum atomic E-state index is -0.0452. The van der Waals surface area contributed by atoms with Gasteiger partial charge in [-0.05, 0) is 54.2 Å². The maximum atomic E-state index is 13.1. The smallest absolute Gasteiger partial charge is 0.227 e. The molecule has 0 radical (unpaired) electrons. The van der Waals surface area contributed by atoms with E-state index in [9.17, 15) is 9.59 Å². The molecule has 0 fully saturated rings. The van der Waals surface area contributed by atoms with E-state index >= 15 is 0 Å². The molecule has 0 saturated carbocycles. The molecule has 3 aromatic carbocycles. The molecule has 3 rings (SSSR count). The van der Waals surface area contributed by atoms with Crippen molar-refractivity contribution in [2.45, 2.75) is 53.1 Å². The molecule has 172 valence electrons. The molecule has 0 aliphatic rings. The minimum Gasteiger partial charge on any atom is -0.349 e. The summed E-state index contributed by atoms with van der Waals surface area (Å²) in [6.45, 7) is 8.70. The Morgan fingerprint density at radius 1 is 0.848 bits per heavy atom. The average molecular weight is 443 g/mol. The Bertz CT molecular complexity index is 1060. The second kappa shape index (κ2) is 11.5. The zero-order chi connectivity index (χ0) is 23.8. The number of carbonyl (C=O) groups is 2. The van der Waals surface area contributed by atoms with E-state index < -0.39 is 0 Å². The third-order valence-electron chi connectivity index (χ3n) is 5.76. The Balaban J connectivity index is 1.70. The minimum absolute atomic E-state index is 0.0215. The van der Waals surface area contributed by atoms with Gasteiger partial charge in [-0.3, -0.25) is 9.59 Å². The first kappa shape index (κ1) is 24.2. The van der Waals surface area contributed by atoms with Gasteiger partial charge >= 0.3 is 0 Å². The highest BCUT2D eigenvalue weighted by Crippen LogP contribution is 2.22. The Morgan fingerprint density at radius 2 is 1.48 bits per heavy atom. The van der Waals surface area contributed by atoms with Crippen LogP contribution in [0.5, 0.6) is 0 Å². The summed E-state index contributed by atoms with van der Waals surface area (Å²) in [7, 11) is 0. The molecule has 0 spiro atoms. The molecule has 0 aliphatic carbocycles. The van der Waals surface area contributed by atoms with Crippen LogP contribution in [-0.4, -0.2) is 11.8 Å². The monoisotopic (exact) mass is 442 g/mol.